The first-order valence-corrected chi connectivity index (χ1v) is 3.78. The summed E-state index contributed by atoms with van der Waals surface area (Å²) in [5.41, 5.74) is 0.825. The molecule has 0 rings (SSSR count). The molecule has 11 heavy (non-hydrogen) atoms. The number of hydrogen-bond acceptors (Lipinski definition) is 1. The van der Waals surface area contributed by atoms with Gasteiger partial charge in [0, 0.05) is 0 Å². The lowest BCUT2D eigenvalue weighted by Gasteiger charge is -1.86. The highest BCUT2D eigenvalue weighted by atomic mass is 16.1. The Labute approximate surface area is 68.1 Å². The van der Waals surface area contributed by atoms with Gasteiger partial charge in [0.05, 0.1) is 0 Å². The van der Waals surface area contributed by atoms with E-state index in [9.17, 15) is 4.79 Å². The van der Waals surface area contributed by atoms with Crippen molar-refractivity contribution in [3.8, 4) is 0 Å². The summed E-state index contributed by atoms with van der Waals surface area (Å²) in [6, 6.07) is 0. The van der Waals surface area contributed by atoms with E-state index in [1.807, 2.05) is 44.2 Å². The van der Waals surface area contributed by atoms with E-state index in [1.54, 1.807) is 0 Å². The fourth-order valence-electron chi connectivity index (χ4n) is 0.595. The Bertz CT molecular complexity index is 185. The summed E-state index contributed by atoms with van der Waals surface area (Å²) in [6.45, 7) is 3.91. The van der Waals surface area contributed by atoms with Crippen molar-refractivity contribution in [3.05, 3.63) is 36.0 Å². The molecule has 0 aromatic rings. The van der Waals surface area contributed by atoms with Crippen LogP contribution in [0.2, 0.25) is 0 Å². The van der Waals surface area contributed by atoms with Crippen LogP contribution >= 0.6 is 0 Å². The van der Waals surface area contributed by atoms with Gasteiger partial charge in [-0.1, -0.05) is 37.3 Å². The molecule has 0 saturated carbocycles. The van der Waals surface area contributed by atoms with Crippen molar-refractivity contribution >= 4 is 6.29 Å². The van der Waals surface area contributed by atoms with Crippen molar-refractivity contribution in [1.29, 1.82) is 0 Å². The summed E-state index contributed by atoms with van der Waals surface area (Å²) in [6.07, 6.45) is 11.1. The van der Waals surface area contributed by atoms with Crippen LogP contribution in [-0.2, 0) is 4.79 Å². The zero-order chi connectivity index (χ0) is 8.53. The number of hydrogen-bond donors (Lipinski definition) is 0. The monoisotopic (exact) mass is 150 g/mol. The molecule has 0 unspecified atom stereocenters. The third-order valence-corrected chi connectivity index (χ3v) is 1.28. The van der Waals surface area contributed by atoms with Crippen LogP contribution in [0.4, 0.5) is 0 Å². The Morgan fingerprint density at radius 3 is 2.45 bits per heavy atom. The van der Waals surface area contributed by atoms with E-state index < -0.39 is 0 Å². The highest BCUT2D eigenvalue weighted by Crippen LogP contribution is 1.95. The van der Waals surface area contributed by atoms with Crippen LogP contribution in [0.25, 0.3) is 0 Å². The summed E-state index contributed by atoms with van der Waals surface area (Å²) in [7, 11) is 0. The molecule has 0 aliphatic heterocycles. The lowest BCUT2D eigenvalue weighted by molar-refractivity contribution is -0.105. The van der Waals surface area contributed by atoms with Gasteiger partial charge in [-0.2, -0.15) is 0 Å². The topological polar surface area (TPSA) is 17.1 Å². The van der Waals surface area contributed by atoms with Crippen molar-refractivity contribution in [1.82, 2.24) is 0 Å². The summed E-state index contributed by atoms with van der Waals surface area (Å²) in [5.74, 6) is 0. The van der Waals surface area contributed by atoms with Crippen molar-refractivity contribution in [2.45, 2.75) is 20.3 Å². The summed E-state index contributed by atoms with van der Waals surface area (Å²) in [5, 5.41) is 0. The minimum absolute atomic E-state index is 0.795. The van der Waals surface area contributed by atoms with Crippen LogP contribution in [-0.4, -0.2) is 6.29 Å². The minimum Gasteiger partial charge on any atom is -0.298 e. The van der Waals surface area contributed by atoms with Gasteiger partial charge < -0.3 is 0 Å². The second-order valence-corrected chi connectivity index (χ2v) is 2.12. The zero-order valence-corrected chi connectivity index (χ0v) is 7.08. The van der Waals surface area contributed by atoms with E-state index >= 15 is 0 Å². The number of carbonyl (C=O) groups excluding carboxylic acids is 1. The maximum Gasteiger partial charge on any atom is 0.146 e. The van der Waals surface area contributed by atoms with Crippen LogP contribution in [0.1, 0.15) is 20.3 Å². The third-order valence-electron chi connectivity index (χ3n) is 1.28. The molecule has 0 spiro atoms. The molecule has 0 heterocycles. The van der Waals surface area contributed by atoms with Crippen molar-refractivity contribution in [3.63, 3.8) is 0 Å². The first-order chi connectivity index (χ1) is 5.35. The summed E-state index contributed by atoms with van der Waals surface area (Å²) < 4.78 is 0. The third kappa shape index (κ3) is 5.34. The molecule has 1 heteroatoms. The molecule has 0 aromatic carbocycles. The van der Waals surface area contributed by atoms with E-state index in [0.29, 0.717) is 0 Å². The molecule has 0 radical (unpaired) electrons. The Morgan fingerprint density at radius 1 is 1.27 bits per heavy atom. The second-order valence-electron chi connectivity index (χ2n) is 2.12. The van der Waals surface area contributed by atoms with E-state index in [2.05, 4.69) is 0 Å². The van der Waals surface area contributed by atoms with Crippen LogP contribution in [0.5, 0.6) is 0 Å². The fraction of sp³-hybridized carbons (Fsp3) is 0.300. The first-order valence-electron chi connectivity index (χ1n) is 3.78. The molecular weight excluding hydrogens is 136 g/mol. The molecule has 0 fully saturated rings. The Kier molecular flexibility index (Phi) is 6.30. The van der Waals surface area contributed by atoms with Gasteiger partial charge in [-0.25, -0.2) is 0 Å². The number of aldehydes is 1. The normalized spacial score (nSPS) is 13.1. The van der Waals surface area contributed by atoms with Crippen molar-refractivity contribution in [2.24, 2.45) is 0 Å². The molecule has 0 bridgehead atoms. The molecule has 0 aliphatic carbocycles. The van der Waals surface area contributed by atoms with E-state index in [4.69, 9.17) is 0 Å². The van der Waals surface area contributed by atoms with Gasteiger partial charge in [0.2, 0.25) is 0 Å². The van der Waals surface area contributed by atoms with E-state index in [-0.39, 0.29) is 0 Å². The maximum atomic E-state index is 10.3. The summed E-state index contributed by atoms with van der Waals surface area (Å²) >= 11 is 0. The van der Waals surface area contributed by atoms with Gasteiger partial charge in [0.25, 0.3) is 0 Å². The van der Waals surface area contributed by atoms with Gasteiger partial charge in [0.15, 0.2) is 0 Å². The molecule has 0 amide bonds. The Hall–Kier alpha value is -1.11. The molecule has 60 valence electrons. The number of rotatable bonds is 4. The summed E-state index contributed by atoms with van der Waals surface area (Å²) in [4.78, 5) is 10.3. The van der Waals surface area contributed by atoms with Gasteiger partial charge in [0.1, 0.15) is 6.29 Å². The fourth-order valence-corrected chi connectivity index (χ4v) is 0.595. The SMILES string of the molecule is C/C=C/C=C/C=C(\C=O)CC. The number of carbonyl (C=O) groups is 1. The smallest absolute Gasteiger partial charge is 0.146 e. The standard InChI is InChI=1S/C10H14O/c1-3-5-6-7-8-10(4-2)9-11/h3,5-9H,4H2,1-2H3/b5-3+,7-6+,10-8-. The second kappa shape index (κ2) is 7.00. The molecule has 0 N–H and O–H groups in total. The molecule has 0 atom stereocenters. The zero-order valence-electron chi connectivity index (χ0n) is 7.08. The molecular formula is C10H14O. The van der Waals surface area contributed by atoms with E-state index in [1.165, 1.54) is 0 Å². The maximum absolute atomic E-state index is 10.3. The first kappa shape index (κ1) is 9.89. The van der Waals surface area contributed by atoms with Gasteiger partial charge >= 0.3 is 0 Å². The average Bonchev–Trinajstić information content (AvgIpc) is 2.05. The van der Waals surface area contributed by atoms with Crippen LogP contribution in [0.3, 0.4) is 0 Å². The molecule has 0 saturated heterocycles. The molecule has 0 aliphatic rings. The largest absolute Gasteiger partial charge is 0.298 e. The minimum atomic E-state index is 0.795. The van der Waals surface area contributed by atoms with Gasteiger partial charge in [-0.15, -0.1) is 0 Å². The predicted octanol–water partition coefficient (Wildman–Crippen LogP) is 2.65. The molecule has 0 aromatic heterocycles. The lowest BCUT2D eigenvalue weighted by atomic mass is 10.2. The van der Waals surface area contributed by atoms with Crippen LogP contribution in [0.15, 0.2) is 36.0 Å². The molecule has 1 nitrogen and oxygen atoms in total. The Balaban J connectivity index is 3.97. The lowest BCUT2D eigenvalue weighted by Crippen LogP contribution is -1.78. The van der Waals surface area contributed by atoms with Gasteiger partial charge in [-0.05, 0) is 18.9 Å². The van der Waals surface area contributed by atoms with Crippen molar-refractivity contribution in [2.75, 3.05) is 0 Å². The van der Waals surface area contributed by atoms with Gasteiger partial charge in [-0.3, -0.25) is 4.79 Å². The van der Waals surface area contributed by atoms with Crippen molar-refractivity contribution < 1.29 is 4.79 Å². The quantitative estimate of drug-likeness (QED) is 0.342. The average molecular weight is 150 g/mol. The van der Waals surface area contributed by atoms with E-state index in [0.717, 1.165) is 18.3 Å². The van der Waals surface area contributed by atoms with Crippen LogP contribution < -0.4 is 0 Å². The Morgan fingerprint density at radius 2 is 2.00 bits per heavy atom. The highest BCUT2D eigenvalue weighted by molar-refractivity contribution is 5.73. The number of allylic oxidation sites excluding steroid dienone is 6. The highest BCUT2D eigenvalue weighted by Gasteiger charge is 1.84. The predicted molar refractivity (Wildman–Crippen MR) is 48.4 cm³/mol. The van der Waals surface area contributed by atoms with Crippen LogP contribution in [0, 0.1) is 0 Å².